The van der Waals surface area contributed by atoms with Crippen molar-refractivity contribution in [1.29, 1.82) is 0 Å². The van der Waals surface area contributed by atoms with E-state index in [1.54, 1.807) is 16.7 Å². The molecule has 6 nitrogen and oxygen atoms in total. The minimum atomic E-state index is 0.00466. The molecule has 7 heteroatoms. The topological polar surface area (TPSA) is 53.7 Å². The minimum absolute atomic E-state index is 0.00466. The molecule has 0 spiro atoms. The Hall–Kier alpha value is -2.09. The molecule has 0 aliphatic carbocycles. The van der Waals surface area contributed by atoms with Crippen LogP contribution in [0.5, 0.6) is 0 Å². The van der Waals surface area contributed by atoms with Gasteiger partial charge in [-0.25, -0.2) is 4.98 Å². The highest BCUT2D eigenvalue weighted by Gasteiger charge is 2.18. The van der Waals surface area contributed by atoms with E-state index >= 15 is 0 Å². The Morgan fingerprint density at radius 1 is 1.04 bits per heavy atom. The van der Waals surface area contributed by atoms with Gasteiger partial charge in [-0.1, -0.05) is 6.07 Å². The van der Waals surface area contributed by atoms with Crippen LogP contribution in [-0.4, -0.2) is 50.3 Å². The van der Waals surface area contributed by atoms with Crippen molar-refractivity contribution in [3.05, 3.63) is 63.8 Å². The smallest absolute Gasteiger partial charge is 0.258 e. The van der Waals surface area contributed by atoms with Gasteiger partial charge in [-0.15, -0.1) is 11.3 Å². The van der Waals surface area contributed by atoms with Gasteiger partial charge in [0.2, 0.25) is 0 Å². The van der Waals surface area contributed by atoms with E-state index in [1.807, 2.05) is 23.7 Å². The standard InChI is InChI=1S/C17H19N5OS/c23-16-11-15(19-17-22(16)9-10-24-17)13-21-7-5-20(6-8-21)12-14-3-1-2-4-18-14/h1-4,9-11H,5-8,12-13H2. The maximum absolute atomic E-state index is 12.1. The molecule has 124 valence electrons. The molecule has 0 N–H and O–H groups in total. The van der Waals surface area contributed by atoms with E-state index in [0.717, 1.165) is 55.6 Å². The molecule has 3 aromatic heterocycles. The molecule has 3 aromatic rings. The van der Waals surface area contributed by atoms with Gasteiger partial charge in [0.25, 0.3) is 5.56 Å². The Labute approximate surface area is 144 Å². The molecular weight excluding hydrogens is 322 g/mol. The third-order valence-electron chi connectivity index (χ3n) is 4.32. The number of pyridine rings is 1. The third kappa shape index (κ3) is 3.38. The predicted molar refractivity (Wildman–Crippen MR) is 94.1 cm³/mol. The fourth-order valence-electron chi connectivity index (χ4n) is 3.02. The van der Waals surface area contributed by atoms with Gasteiger partial charge in [0, 0.05) is 63.1 Å². The molecule has 1 aliphatic heterocycles. The van der Waals surface area contributed by atoms with Crippen LogP contribution in [0.25, 0.3) is 4.96 Å². The van der Waals surface area contributed by atoms with Crippen molar-refractivity contribution in [2.24, 2.45) is 0 Å². The molecular formula is C17H19N5OS. The molecule has 0 amide bonds. The minimum Gasteiger partial charge on any atom is -0.295 e. The maximum Gasteiger partial charge on any atom is 0.258 e. The molecule has 0 unspecified atom stereocenters. The Kier molecular flexibility index (Phi) is 4.38. The first-order chi connectivity index (χ1) is 11.8. The van der Waals surface area contributed by atoms with Crippen molar-refractivity contribution in [1.82, 2.24) is 24.2 Å². The summed E-state index contributed by atoms with van der Waals surface area (Å²) in [5.41, 5.74) is 1.98. The summed E-state index contributed by atoms with van der Waals surface area (Å²) >= 11 is 1.50. The molecule has 0 bridgehead atoms. The van der Waals surface area contributed by atoms with Crippen molar-refractivity contribution < 1.29 is 0 Å². The van der Waals surface area contributed by atoms with Gasteiger partial charge in [0.15, 0.2) is 4.96 Å². The quantitative estimate of drug-likeness (QED) is 0.719. The zero-order valence-electron chi connectivity index (χ0n) is 13.3. The van der Waals surface area contributed by atoms with Gasteiger partial charge in [-0.3, -0.25) is 24.0 Å². The maximum atomic E-state index is 12.1. The molecule has 4 rings (SSSR count). The van der Waals surface area contributed by atoms with Crippen LogP contribution in [0.3, 0.4) is 0 Å². The molecule has 0 atom stereocenters. The highest BCUT2D eigenvalue weighted by molar-refractivity contribution is 7.15. The number of aromatic nitrogens is 3. The Morgan fingerprint density at radius 2 is 1.79 bits per heavy atom. The van der Waals surface area contributed by atoms with Crippen LogP contribution >= 0.6 is 11.3 Å². The van der Waals surface area contributed by atoms with Crippen LogP contribution in [-0.2, 0) is 13.1 Å². The number of fused-ring (bicyclic) bond motifs is 1. The normalized spacial score (nSPS) is 16.7. The van der Waals surface area contributed by atoms with Gasteiger partial charge < -0.3 is 0 Å². The molecule has 0 saturated carbocycles. The number of nitrogens with zero attached hydrogens (tertiary/aromatic N) is 5. The first kappa shape index (κ1) is 15.4. The number of thiazole rings is 1. The van der Waals surface area contributed by atoms with E-state index in [4.69, 9.17) is 0 Å². The van der Waals surface area contributed by atoms with Crippen molar-refractivity contribution in [2.45, 2.75) is 13.1 Å². The van der Waals surface area contributed by atoms with Crippen molar-refractivity contribution in [2.75, 3.05) is 26.2 Å². The van der Waals surface area contributed by atoms with Crippen LogP contribution in [0.2, 0.25) is 0 Å². The van der Waals surface area contributed by atoms with E-state index in [1.165, 1.54) is 11.3 Å². The summed E-state index contributed by atoms with van der Waals surface area (Å²) in [7, 11) is 0. The predicted octanol–water partition coefficient (Wildman–Crippen LogP) is 1.47. The zero-order valence-corrected chi connectivity index (χ0v) is 14.2. The van der Waals surface area contributed by atoms with E-state index < -0.39 is 0 Å². The number of rotatable bonds is 4. The monoisotopic (exact) mass is 341 g/mol. The second kappa shape index (κ2) is 6.80. The summed E-state index contributed by atoms with van der Waals surface area (Å²) in [6.45, 7) is 5.63. The van der Waals surface area contributed by atoms with Crippen LogP contribution < -0.4 is 5.56 Å². The lowest BCUT2D eigenvalue weighted by molar-refractivity contribution is 0.120. The second-order valence-corrected chi connectivity index (χ2v) is 6.89. The zero-order chi connectivity index (χ0) is 16.4. The Morgan fingerprint density at radius 3 is 2.50 bits per heavy atom. The largest absolute Gasteiger partial charge is 0.295 e. The average Bonchev–Trinajstić information content (AvgIpc) is 3.07. The lowest BCUT2D eigenvalue weighted by atomic mass is 10.2. The second-order valence-electron chi connectivity index (χ2n) is 6.01. The van der Waals surface area contributed by atoms with Crippen LogP contribution in [0.15, 0.2) is 46.8 Å². The molecule has 1 aliphatic rings. The van der Waals surface area contributed by atoms with Gasteiger partial charge in [0.05, 0.1) is 11.4 Å². The summed E-state index contributed by atoms with van der Waals surface area (Å²) in [6, 6.07) is 7.70. The van der Waals surface area contributed by atoms with Gasteiger partial charge in [0.1, 0.15) is 0 Å². The highest BCUT2D eigenvalue weighted by Crippen LogP contribution is 2.11. The summed E-state index contributed by atoms with van der Waals surface area (Å²) < 4.78 is 1.60. The Balaban J connectivity index is 1.36. The lowest BCUT2D eigenvalue weighted by Crippen LogP contribution is -2.45. The molecule has 24 heavy (non-hydrogen) atoms. The van der Waals surface area contributed by atoms with Gasteiger partial charge >= 0.3 is 0 Å². The average molecular weight is 341 g/mol. The fraction of sp³-hybridized carbons (Fsp3) is 0.353. The van der Waals surface area contributed by atoms with Gasteiger partial charge in [-0.05, 0) is 12.1 Å². The third-order valence-corrected chi connectivity index (χ3v) is 5.08. The molecule has 1 fully saturated rings. The number of piperazine rings is 1. The molecule has 0 aromatic carbocycles. The van der Waals surface area contributed by atoms with E-state index in [-0.39, 0.29) is 5.56 Å². The lowest BCUT2D eigenvalue weighted by Gasteiger charge is -2.34. The SMILES string of the molecule is O=c1cc(CN2CCN(Cc3ccccn3)CC2)nc2sccn12. The van der Waals surface area contributed by atoms with E-state index in [2.05, 4.69) is 25.8 Å². The highest BCUT2D eigenvalue weighted by atomic mass is 32.1. The fourth-order valence-corrected chi connectivity index (χ4v) is 3.76. The van der Waals surface area contributed by atoms with Crippen molar-refractivity contribution in [3.8, 4) is 0 Å². The Bertz CT molecular complexity index is 867. The van der Waals surface area contributed by atoms with E-state index in [0.29, 0.717) is 0 Å². The molecule has 0 radical (unpaired) electrons. The molecule has 1 saturated heterocycles. The van der Waals surface area contributed by atoms with Gasteiger partial charge in [-0.2, -0.15) is 0 Å². The first-order valence-electron chi connectivity index (χ1n) is 8.08. The van der Waals surface area contributed by atoms with E-state index in [9.17, 15) is 4.79 Å². The summed E-state index contributed by atoms with van der Waals surface area (Å²) in [4.78, 5) is 26.6. The summed E-state index contributed by atoms with van der Waals surface area (Å²) in [5.74, 6) is 0. The summed E-state index contributed by atoms with van der Waals surface area (Å²) in [6.07, 6.45) is 3.62. The van der Waals surface area contributed by atoms with Crippen LogP contribution in [0.4, 0.5) is 0 Å². The summed E-state index contributed by atoms with van der Waals surface area (Å²) in [5, 5.41) is 1.89. The first-order valence-corrected chi connectivity index (χ1v) is 8.96. The van der Waals surface area contributed by atoms with Crippen molar-refractivity contribution in [3.63, 3.8) is 0 Å². The molecule has 4 heterocycles. The van der Waals surface area contributed by atoms with Crippen LogP contribution in [0, 0.1) is 0 Å². The van der Waals surface area contributed by atoms with Crippen molar-refractivity contribution >= 4 is 16.3 Å². The number of hydrogen-bond acceptors (Lipinski definition) is 6. The van der Waals surface area contributed by atoms with Crippen LogP contribution in [0.1, 0.15) is 11.4 Å². The number of hydrogen-bond donors (Lipinski definition) is 0.